The molecule has 1 aliphatic rings. The maximum Gasteiger partial charge on any atom is 0.142 e. The predicted molar refractivity (Wildman–Crippen MR) is 59.3 cm³/mol. The van der Waals surface area contributed by atoms with E-state index in [-0.39, 0.29) is 11.3 Å². The van der Waals surface area contributed by atoms with E-state index in [1.165, 1.54) is 6.42 Å². The van der Waals surface area contributed by atoms with Crippen LogP contribution in [-0.2, 0) is 4.79 Å². The highest BCUT2D eigenvalue weighted by molar-refractivity contribution is 5.87. The summed E-state index contributed by atoms with van der Waals surface area (Å²) in [5.74, 6) is 0.757. The molecule has 1 unspecified atom stereocenters. The summed E-state index contributed by atoms with van der Waals surface area (Å²) in [6.07, 6.45) is 3.37. The summed E-state index contributed by atoms with van der Waals surface area (Å²) in [7, 11) is 2.09. The van der Waals surface area contributed by atoms with Gasteiger partial charge in [-0.3, -0.25) is 4.79 Å². The van der Waals surface area contributed by atoms with Crippen molar-refractivity contribution >= 4 is 5.78 Å². The highest BCUT2D eigenvalue weighted by atomic mass is 16.1. The Morgan fingerprint density at radius 2 is 2.14 bits per heavy atom. The van der Waals surface area contributed by atoms with Crippen molar-refractivity contribution in [2.75, 3.05) is 20.1 Å². The number of carbonyl (C=O) groups is 1. The van der Waals surface area contributed by atoms with Crippen LogP contribution in [0.4, 0.5) is 0 Å². The van der Waals surface area contributed by atoms with Gasteiger partial charge in [-0.15, -0.1) is 0 Å². The lowest BCUT2D eigenvalue weighted by atomic mass is 9.71. The van der Waals surface area contributed by atoms with Crippen molar-refractivity contribution < 1.29 is 4.79 Å². The molecule has 1 aliphatic carbocycles. The van der Waals surface area contributed by atoms with E-state index in [9.17, 15) is 4.79 Å². The predicted octanol–water partition coefficient (Wildman–Crippen LogP) is 2.33. The standard InChI is InChI=1S/C12H23NO/c1-5-13(4)9-10-7-6-8-12(2,3)11(10)14/h10H,5-9H2,1-4H3. The second kappa shape index (κ2) is 4.43. The maximum absolute atomic E-state index is 12.1. The first kappa shape index (κ1) is 11.7. The highest BCUT2D eigenvalue weighted by Crippen LogP contribution is 2.35. The van der Waals surface area contributed by atoms with Crippen LogP contribution < -0.4 is 0 Å². The highest BCUT2D eigenvalue weighted by Gasteiger charge is 2.37. The van der Waals surface area contributed by atoms with Crippen molar-refractivity contribution in [2.24, 2.45) is 11.3 Å². The second-order valence-corrected chi connectivity index (χ2v) is 5.19. The van der Waals surface area contributed by atoms with Gasteiger partial charge >= 0.3 is 0 Å². The number of nitrogens with zero attached hydrogens (tertiary/aromatic N) is 1. The van der Waals surface area contributed by atoms with Gasteiger partial charge in [0.05, 0.1) is 0 Å². The fraction of sp³-hybridized carbons (Fsp3) is 0.917. The normalized spacial score (nSPS) is 26.9. The average molecular weight is 197 g/mol. The molecular weight excluding hydrogens is 174 g/mol. The van der Waals surface area contributed by atoms with Crippen molar-refractivity contribution in [1.29, 1.82) is 0 Å². The minimum absolute atomic E-state index is 0.0719. The molecule has 0 radical (unpaired) electrons. The molecule has 0 amide bonds. The summed E-state index contributed by atoms with van der Waals surface area (Å²) in [6.45, 7) is 8.29. The summed E-state index contributed by atoms with van der Waals surface area (Å²) < 4.78 is 0. The molecule has 1 saturated carbocycles. The molecule has 82 valence electrons. The van der Waals surface area contributed by atoms with Gasteiger partial charge in [-0.25, -0.2) is 0 Å². The van der Waals surface area contributed by atoms with Crippen molar-refractivity contribution in [3.8, 4) is 0 Å². The van der Waals surface area contributed by atoms with E-state index in [4.69, 9.17) is 0 Å². The van der Waals surface area contributed by atoms with Crippen molar-refractivity contribution in [1.82, 2.24) is 4.90 Å². The van der Waals surface area contributed by atoms with Crippen LogP contribution in [0.5, 0.6) is 0 Å². The van der Waals surface area contributed by atoms with Crippen LogP contribution in [0.15, 0.2) is 0 Å². The Morgan fingerprint density at radius 3 is 2.71 bits per heavy atom. The summed E-state index contributed by atoms with van der Waals surface area (Å²) in [4.78, 5) is 14.3. The largest absolute Gasteiger partial charge is 0.306 e. The van der Waals surface area contributed by atoms with Crippen LogP contribution in [0.3, 0.4) is 0 Å². The number of Topliss-reactive ketones (excluding diaryl/α,β-unsaturated/α-hetero) is 1. The van der Waals surface area contributed by atoms with Gasteiger partial charge < -0.3 is 4.90 Å². The molecule has 0 heterocycles. The quantitative estimate of drug-likeness (QED) is 0.692. The molecule has 0 bridgehead atoms. The minimum Gasteiger partial charge on any atom is -0.306 e. The lowest BCUT2D eigenvalue weighted by molar-refractivity contribution is -0.134. The Hall–Kier alpha value is -0.370. The first-order valence-corrected chi connectivity index (χ1v) is 5.70. The van der Waals surface area contributed by atoms with Crippen LogP contribution in [-0.4, -0.2) is 30.8 Å². The molecule has 0 aromatic heterocycles. The number of rotatable bonds is 3. The molecule has 1 fully saturated rings. The topological polar surface area (TPSA) is 20.3 Å². The number of carbonyl (C=O) groups excluding carboxylic acids is 1. The lowest BCUT2D eigenvalue weighted by Gasteiger charge is -2.35. The van der Waals surface area contributed by atoms with E-state index in [1.54, 1.807) is 0 Å². The van der Waals surface area contributed by atoms with Gasteiger partial charge in [-0.2, -0.15) is 0 Å². The Kier molecular flexibility index (Phi) is 3.71. The molecule has 14 heavy (non-hydrogen) atoms. The fourth-order valence-electron chi connectivity index (χ4n) is 2.28. The van der Waals surface area contributed by atoms with E-state index in [1.807, 2.05) is 0 Å². The van der Waals surface area contributed by atoms with Gasteiger partial charge in [0.1, 0.15) is 5.78 Å². The van der Waals surface area contributed by atoms with E-state index in [0.717, 1.165) is 25.9 Å². The molecule has 0 aromatic rings. The van der Waals surface area contributed by atoms with Crippen molar-refractivity contribution in [3.05, 3.63) is 0 Å². The van der Waals surface area contributed by atoms with Crippen LogP contribution in [0, 0.1) is 11.3 Å². The van der Waals surface area contributed by atoms with Crippen molar-refractivity contribution in [3.63, 3.8) is 0 Å². The Morgan fingerprint density at radius 1 is 1.50 bits per heavy atom. The zero-order valence-electron chi connectivity index (χ0n) is 9.97. The lowest BCUT2D eigenvalue weighted by Crippen LogP contribution is -2.40. The summed E-state index contributed by atoms with van der Waals surface area (Å²) in [5, 5.41) is 0. The summed E-state index contributed by atoms with van der Waals surface area (Å²) in [6, 6.07) is 0. The van der Waals surface area contributed by atoms with Gasteiger partial charge in [0.25, 0.3) is 0 Å². The molecular formula is C12H23NO. The van der Waals surface area contributed by atoms with Crippen LogP contribution in [0.2, 0.25) is 0 Å². The van der Waals surface area contributed by atoms with Crippen LogP contribution >= 0.6 is 0 Å². The smallest absolute Gasteiger partial charge is 0.142 e. The third kappa shape index (κ3) is 2.57. The van der Waals surface area contributed by atoms with E-state index >= 15 is 0 Å². The van der Waals surface area contributed by atoms with Crippen LogP contribution in [0.25, 0.3) is 0 Å². The molecule has 0 aliphatic heterocycles. The zero-order chi connectivity index (χ0) is 10.8. The zero-order valence-corrected chi connectivity index (χ0v) is 9.97. The molecule has 2 heteroatoms. The molecule has 0 saturated heterocycles. The molecule has 2 nitrogen and oxygen atoms in total. The molecule has 0 spiro atoms. The van der Waals surface area contributed by atoms with Gasteiger partial charge in [0.15, 0.2) is 0 Å². The maximum atomic E-state index is 12.1. The fourth-order valence-corrected chi connectivity index (χ4v) is 2.28. The Bertz CT molecular complexity index is 210. The minimum atomic E-state index is -0.0719. The van der Waals surface area contributed by atoms with Gasteiger partial charge in [-0.1, -0.05) is 27.2 Å². The number of hydrogen-bond acceptors (Lipinski definition) is 2. The molecule has 0 N–H and O–H groups in total. The van der Waals surface area contributed by atoms with E-state index < -0.39 is 0 Å². The summed E-state index contributed by atoms with van der Waals surface area (Å²) in [5.41, 5.74) is -0.0719. The first-order chi connectivity index (χ1) is 6.47. The summed E-state index contributed by atoms with van der Waals surface area (Å²) >= 11 is 0. The Balaban J connectivity index is 2.57. The van der Waals surface area contributed by atoms with E-state index in [0.29, 0.717) is 5.78 Å². The van der Waals surface area contributed by atoms with Gasteiger partial charge in [0, 0.05) is 17.9 Å². The van der Waals surface area contributed by atoms with Crippen molar-refractivity contribution in [2.45, 2.75) is 40.0 Å². The number of hydrogen-bond donors (Lipinski definition) is 0. The molecule has 0 aromatic carbocycles. The SMILES string of the molecule is CCN(C)CC1CCCC(C)(C)C1=O. The average Bonchev–Trinajstić information content (AvgIpc) is 2.12. The van der Waals surface area contributed by atoms with E-state index in [2.05, 4.69) is 32.7 Å². The molecule has 1 rings (SSSR count). The third-order valence-electron chi connectivity index (χ3n) is 3.46. The third-order valence-corrected chi connectivity index (χ3v) is 3.46. The second-order valence-electron chi connectivity index (χ2n) is 5.19. The molecule has 1 atom stereocenters. The first-order valence-electron chi connectivity index (χ1n) is 5.70. The monoisotopic (exact) mass is 197 g/mol. The van der Waals surface area contributed by atoms with Crippen LogP contribution in [0.1, 0.15) is 40.0 Å². The number of ketones is 1. The van der Waals surface area contributed by atoms with Gasteiger partial charge in [0.2, 0.25) is 0 Å². The Labute approximate surface area is 87.7 Å². The van der Waals surface area contributed by atoms with Gasteiger partial charge in [-0.05, 0) is 26.4 Å².